The topological polar surface area (TPSA) is 60.9 Å². The predicted octanol–water partition coefficient (Wildman–Crippen LogP) is 1.47. The molecule has 0 spiro atoms. The van der Waals surface area contributed by atoms with Gasteiger partial charge in [0.1, 0.15) is 0 Å². The monoisotopic (exact) mass is 221 g/mol. The van der Waals surface area contributed by atoms with Crippen LogP contribution in [-0.4, -0.2) is 9.55 Å². The molecule has 5 heteroatoms. The number of nitrogens with two attached hydrogens (primary N) is 1. The molecule has 0 radical (unpaired) electrons. The maximum atomic E-state index is 11.4. The minimum atomic E-state index is -0.210. The number of hydrogen-bond acceptors (Lipinski definition) is 3. The third-order valence-electron chi connectivity index (χ3n) is 1.99. The molecule has 4 nitrogen and oxygen atoms in total. The standard InChI is InChI=1S/C10H8ClN3O/c11-8-5-7(1-2-9(8)12)14-4-3-13-6-10(14)15/h1-6H,12H2. The van der Waals surface area contributed by atoms with Crippen molar-refractivity contribution in [3.63, 3.8) is 0 Å². The molecule has 2 aromatic rings. The van der Waals surface area contributed by atoms with Gasteiger partial charge in [0.2, 0.25) is 0 Å². The first-order valence-corrected chi connectivity index (χ1v) is 4.64. The zero-order valence-electron chi connectivity index (χ0n) is 7.72. The van der Waals surface area contributed by atoms with Gasteiger partial charge < -0.3 is 5.73 Å². The Bertz CT molecular complexity index is 550. The molecule has 0 saturated carbocycles. The second-order valence-electron chi connectivity index (χ2n) is 2.99. The molecule has 15 heavy (non-hydrogen) atoms. The lowest BCUT2D eigenvalue weighted by atomic mass is 10.3. The van der Waals surface area contributed by atoms with Gasteiger partial charge in [0, 0.05) is 12.4 Å². The summed E-state index contributed by atoms with van der Waals surface area (Å²) in [5.41, 5.74) is 6.52. The highest BCUT2D eigenvalue weighted by Gasteiger charge is 2.01. The van der Waals surface area contributed by atoms with Crippen LogP contribution in [-0.2, 0) is 0 Å². The van der Waals surface area contributed by atoms with Crippen molar-refractivity contribution in [2.45, 2.75) is 0 Å². The van der Waals surface area contributed by atoms with Crippen molar-refractivity contribution in [3.8, 4) is 5.69 Å². The van der Waals surface area contributed by atoms with Crippen molar-refractivity contribution in [2.24, 2.45) is 0 Å². The SMILES string of the molecule is Nc1ccc(-n2ccncc2=O)cc1Cl. The Hall–Kier alpha value is -1.81. The zero-order valence-corrected chi connectivity index (χ0v) is 8.48. The van der Waals surface area contributed by atoms with E-state index < -0.39 is 0 Å². The summed E-state index contributed by atoms with van der Waals surface area (Å²) in [5.74, 6) is 0. The molecule has 2 N–H and O–H groups in total. The summed E-state index contributed by atoms with van der Waals surface area (Å²) in [7, 11) is 0. The second kappa shape index (κ2) is 3.74. The van der Waals surface area contributed by atoms with E-state index in [9.17, 15) is 4.79 Å². The first-order valence-electron chi connectivity index (χ1n) is 4.26. The van der Waals surface area contributed by atoms with Crippen molar-refractivity contribution in [1.82, 2.24) is 9.55 Å². The molecule has 0 fully saturated rings. The molecule has 0 aliphatic rings. The van der Waals surface area contributed by atoms with Crippen LogP contribution in [0.1, 0.15) is 0 Å². The zero-order chi connectivity index (χ0) is 10.8. The molecule has 1 aromatic carbocycles. The number of halogens is 1. The molecule has 1 aromatic heterocycles. The highest BCUT2D eigenvalue weighted by molar-refractivity contribution is 6.33. The van der Waals surface area contributed by atoms with Gasteiger partial charge in [-0.05, 0) is 18.2 Å². The van der Waals surface area contributed by atoms with Gasteiger partial charge in [0.05, 0.1) is 22.6 Å². The normalized spacial score (nSPS) is 10.2. The summed E-state index contributed by atoms with van der Waals surface area (Å²) in [5, 5.41) is 0.427. The van der Waals surface area contributed by atoms with E-state index in [1.165, 1.54) is 17.0 Å². The Morgan fingerprint density at radius 2 is 2.20 bits per heavy atom. The number of anilines is 1. The summed E-state index contributed by atoms with van der Waals surface area (Å²) < 4.78 is 1.44. The van der Waals surface area contributed by atoms with Crippen molar-refractivity contribution < 1.29 is 0 Å². The van der Waals surface area contributed by atoms with Gasteiger partial charge in [-0.2, -0.15) is 0 Å². The average molecular weight is 222 g/mol. The lowest BCUT2D eigenvalue weighted by molar-refractivity contribution is 0.956. The summed E-state index contributed by atoms with van der Waals surface area (Å²) >= 11 is 5.86. The Labute approximate surface area is 90.9 Å². The minimum Gasteiger partial charge on any atom is -0.398 e. The van der Waals surface area contributed by atoms with E-state index in [2.05, 4.69) is 4.98 Å². The molecular formula is C10H8ClN3O. The van der Waals surface area contributed by atoms with Crippen LogP contribution in [0.5, 0.6) is 0 Å². The molecule has 0 aliphatic heterocycles. The van der Waals surface area contributed by atoms with Crippen molar-refractivity contribution >= 4 is 17.3 Å². The van der Waals surface area contributed by atoms with Gasteiger partial charge in [0.25, 0.3) is 5.56 Å². The molecule has 0 amide bonds. The molecule has 0 unspecified atom stereocenters. The Morgan fingerprint density at radius 1 is 1.40 bits per heavy atom. The highest BCUT2D eigenvalue weighted by atomic mass is 35.5. The molecule has 2 rings (SSSR count). The van der Waals surface area contributed by atoms with Gasteiger partial charge in [-0.3, -0.25) is 14.3 Å². The Balaban J connectivity index is 2.60. The molecule has 1 heterocycles. The van der Waals surface area contributed by atoms with Crippen molar-refractivity contribution in [2.75, 3.05) is 5.73 Å². The maximum Gasteiger partial charge on any atom is 0.273 e. The number of aromatic nitrogens is 2. The lowest BCUT2D eigenvalue weighted by Crippen LogP contribution is -2.16. The molecule has 0 bridgehead atoms. The highest BCUT2D eigenvalue weighted by Crippen LogP contribution is 2.20. The largest absolute Gasteiger partial charge is 0.398 e. The van der Waals surface area contributed by atoms with E-state index in [-0.39, 0.29) is 5.56 Å². The number of benzene rings is 1. The lowest BCUT2D eigenvalue weighted by Gasteiger charge is -2.05. The van der Waals surface area contributed by atoms with Gasteiger partial charge in [-0.1, -0.05) is 11.6 Å². The predicted molar refractivity (Wildman–Crippen MR) is 59.3 cm³/mol. The van der Waals surface area contributed by atoms with Crippen LogP contribution >= 0.6 is 11.6 Å². The van der Waals surface area contributed by atoms with E-state index in [0.29, 0.717) is 16.4 Å². The summed E-state index contributed by atoms with van der Waals surface area (Å²) in [6.45, 7) is 0. The van der Waals surface area contributed by atoms with Gasteiger partial charge >= 0.3 is 0 Å². The van der Waals surface area contributed by atoms with Gasteiger partial charge in [0.15, 0.2) is 0 Å². The van der Waals surface area contributed by atoms with Crippen LogP contribution in [0.15, 0.2) is 41.6 Å². The fraction of sp³-hybridized carbons (Fsp3) is 0. The first-order chi connectivity index (χ1) is 7.18. The van der Waals surface area contributed by atoms with Crippen LogP contribution < -0.4 is 11.3 Å². The summed E-state index contributed by atoms with van der Waals surface area (Å²) in [6.07, 6.45) is 4.35. The number of hydrogen-bond donors (Lipinski definition) is 1. The van der Waals surface area contributed by atoms with E-state index in [1.54, 1.807) is 24.4 Å². The van der Waals surface area contributed by atoms with Crippen LogP contribution in [0.4, 0.5) is 5.69 Å². The van der Waals surface area contributed by atoms with Crippen LogP contribution in [0.3, 0.4) is 0 Å². The Morgan fingerprint density at radius 3 is 2.87 bits per heavy atom. The van der Waals surface area contributed by atoms with E-state index in [1.807, 2.05) is 0 Å². The minimum absolute atomic E-state index is 0.210. The summed E-state index contributed by atoms with van der Waals surface area (Å²) in [6, 6.07) is 5.02. The maximum absolute atomic E-state index is 11.4. The van der Waals surface area contributed by atoms with Crippen LogP contribution in [0, 0.1) is 0 Å². The Kier molecular flexibility index (Phi) is 2.43. The molecule has 76 valence electrons. The summed E-state index contributed by atoms with van der Waals surface area (Å²) in [4.78, 5) is 15.2. The van der Waals surface area contributed by atoms with Crippen molar-refractivity contribution in [1.29, 1.82) is 0 Å². The smallest absolute Gasteiger partial charge is 0.273 e. The molecular weight excluding hydrogens is 214 g/mol. The van der Waals surface area contributed by atoms with E-state index >= 15 is 0 Å². The van der Waals surface area contributed by atoms with E-state index in [4.69, 9.17) is 17.3 Å². The number of rotatable bonds is 1. The fourth-order valence-corrected chi connectivity index (χ4v) is 1.40. The van der Waals surface area contributed by atoms with Gasteiger partial charge in [-0.25, -0.2) is 0 Å². The third kappa shape index (κ3) is 1.85. The average Bonchev–Trinajstić information content (AvgIpc) is 2.23. The van der Waals surface area contributed by atoms with Crippen LogP contribution in [0.2, 0.25) is 5.02 Å². The number of nitrogen functional groups attached to an aromatic ring is 1. The van der Waals surface area contributed by atoms with Gasteiger partial charge in [-0.15, -0.1) is 0 Å². The van der Waals surface area contributed by atoms with E-state index in [0.717, 1.165) is 0 Å². The van der Waals surface area contributed by atoms with Crippen molar-refractivity contribution in [3.05, 3.63) is 52.2 Å². The second-order valence-corrected chi connectivity index (χ2v) is 3.40. The third-order valence-corrected chi connectivity index (χ3v) is 2.31. The molecule has 0 atom stereocenters. The molecule has 0 aliphatic carbocycles. The fourth-order valence-electron chi connectivity index (χ4n) is 1.23. The quantitative estimate of drug-likeness (QED) is 0.742. The first kappa shape index (κ1) is 9.73. The van der Waals surface area contributed by atoms with Crippen LogP contribution in [0.25, 0.3) is 5.69 Å². The number of nitrogens with zero attached hydrogens (tertiary/aromatic N) is 2. The molecule has 0 saturated heterocycles.